The second kappa shape index (κ2) is 30.5. The lowest BCUT2D eigenvalue weighted by Crippen LogP contribution is -2.46. The van der Waals surface area contributed by atoms with Gasteiger partial charge in [-0.1, -0.05) is 102 Å². The lowest BCUT2D eigenvalue weighted by Gasteiger charge is -2.36. The Hall–Kier alpha value is -2.74. The monoisotopic (exact) mass is 1070 g/mol. The normalized spacial score (nSPS) is 20.3. The number of aliphatic hydroxyl groups excluding tert-OH is 3. The number of aromatic nitrogens is 4. The third-order valence-corrected chi connectivity index (χ3v) is 14.9. The molecule has 0 aliphatic carbocycles. The number of nitrogens with zero attached hydrogens (tertiary/aromatic N) is 4. The summed E-state index contributed by atoms with van der Waals surface area (Å²) in [6.45, 7) is 2.22. The third kappa shape index (κ3) is 23.0. The van der Waals surface area contributed by atoms with Gasteiger partial charge in [-0.3, -0.25) is 28.1 Å². The van der Waals surface area contributed by atoms with Crippen LogP contribution in [0.15, 0.2) is 24.8 Å². The van der Waals surface area contributed by atoms with E-state index >= 15 is 0 Å². The van der Waals surface area contributed by atoms with Crippen LogP contribution in [0.3, 0.4) is 0 Å². The Labute approximate surface area is 411 Å². The number of hydrogen-bond donors (Lipinski definition) is 6. The summed E-state index contributed by atoms with van der Waals surface area (Å²) < 4.78 is 60.8. The lowest BCUT2D eigenvalue weighted by atomic mass is 9.87. The Morgan fingerprint density at radius 3 is 2.20 bits per heavy atom. The fourth-order valence-corrected chi connectivity index (χ4v) is 10.6. The van der Waals surface area contributed by atoms with Gasteiger partial charge < -0.3 is 74.1 Å². The molecular weight excluding hydrogens is 1000 g/mol. The largest absolute Gasteiger partial charge is 0.790 e. The molecule has 2 unspecified atom stereocenters. The number of unbranched alkanes of at least 4 members (excludes halogenated alkanes) is 11. The molecule has 2 aromatic heterocycles. The van der Waals surface area contributed by atoms with E-state index in [-0.39, 0.29) is 53.8 Å². The zero-order valence-corrected chi connectivity index (χ0v) is 43.2. The molecule has 25 nitrogen and oxygen atoms in total. The quantitative estimate of drug-likeness (QED) is 0.0322. The molecule has 0 aromatic carbocycles. The number of fused-ring (bicyclic) bond motifs is 1. The standard InChI is InChI=1S/C41H72N7O18P3S/c1-4-5-6-7-8-9-10-11-12-13-14-15-16-17-18-19-29(49)24-32(51)70-23-22-43-31(50)20-21-44-39(54)36(53)41(2,3)26-63-69(60,61)66-68(58,59)62-25-30-35(65-67(55,56)57)34(52)40(64-30)48-28-47-33-37(42)45-27-46-38(33)48/h13-14,27-30,34-36,40,49,52-53H,4-12,15-26H2,1-3H3,(H,43,50)(H,44,54)(H,58,59)(H,60,61)(H2,42,45,46)(H2,55,56,57)/p-4/b14-13-/t29-,30+,34+,35+,36-,40+/m0/s1. The number of hydrogen-bond acceptors (Lipinski definition) is 23. The maximum atomic E-state index is 12.7. The minimum atomic E-state index is -5.93. The van der Waals surface area contributed by atoms with Crippen LogP contribution in [0.1, 0.15) is 130 Å². The average molecular weight is 1070 g/mol. The number of anilines is 1. The zero-order valence-electron chi connectivity index (χ0n) is 39.7. The molecule has 2 aromatic rings. The van der Waals surface area contributed by atoms with Gasteiger partial charge in [-0.05, 0) is 32.1 Å². The molecule has 1 saturated heterocycles. The van der Waals surface area contributed by atoms with Gasteiger partial charge in [0.25, 0.3) is 15.6 Å². The number of ether oxygens (including phenoxy) is 1. The molecule has 1 fully saturated rings. The first-order valence-electron chi connectivity index (χ1n) is 23.3. The van der Waals surface area contributed by atoms with Crippen LogP contribution >= 0.6 is 35.2 Å². The first-order chi connectivity index (χ1) is 32.9. The Morgan fingerprint density at radius 1 is 0.914 bits per heavy atom. The van der Waals surface area contributed by atoms with Gasteiger partial charge in [0.05, 0.1) is 33.5 Å². The van der Waals surface area contributed by atoms with Gasteiger partial charge in [-0.25, -0.2) is 19.3 Å². The number of rotatable bonds is 36. The summed E-state index contributed by atoms with van der Waals surface area (Å²) in [5.74, 6) is -1.34. The van der Waals surface area contributed by atoms with Gasteiger partial charge in [0, 0.05) is 37.1 Å². The number of allylic oxidation sites excluding steroid dienone is 2. The fraction of sp³-hybridized carbons (Fsp3) is 0.756. The summed E-state index contributed by atoms with van der Waals surface area (Å²) in [6.07, 6.45) is 12.0. The van der Waals surface area contributed by atoms with E-state index in [1.54, 1.807) is 0 Å². The molecule has 7 N–H and O–H groups in total. The number of carbonyl (C=O) groups excluding carboxylic acids is 3. The molecule has 0 radical (unpaired) electrons. The first-order valence-corrected chi connectivity index (χ1v) is 28.6. The van der Waals surface area contributed by atoms with Crippen molar-refractivity contribution >= 4 is 69.1 Å². The molecule has 0 saturated carbocycles. The molecule has 3 rings (SSSR count). The maximum absolute atomic E-state index is 12.7. The van der Waals surface area contributed by atoms with E-state index < -0.39 is 90.7 Å². The van der Waals surface area contributed by atoms with Crippen LogP contribution in [-0.2, 0) is 50.7 Å². The van der Waals surface area contributed by atoms with Crippen molar-refractivity contribution in [3.05, 3.63) is 24.8 Å². The Morgan fingerprint density at radius 2 is 1.54 bits per heavy atom. The molecule has 0 bridgehead atoms. The molecule has 8 atom stereocenters. The topological polar surface area (TPSA) is 395 Å². The van der Waals surface area contributed by atoms with Crippen LogP contribution in [0.4, 0.5) is 5.82 Å². The van der Waals surface area contributed by atoms with Gasteiger partial charge >= 0.3 is 0 Å². The van der Waals surface area contributed by atoms with Crippen molar-refractivity contribution in [1.29, 1.82) is 0 Å². The van der Waals surface area contributed by atoms with Gasteiger partial charge in [0.15, 0.2) is 22.8 Å². The second-order valence-electron chi connectivity index (χ2n) is 17.4. The first kappa shape index (κ1) is 61.6. The Kier molecular flexibility index (Phi) is 26.8. The van der Waals surface area contributed by atoms with Crippen molar-refractivity contribution in [2.45, 2.75) is 160 Å². The number of phosphoric ester groups is 3. The van der Waals surface area contributed by atoms with Crippen molar-refractivity contribution in [2.24, 2.45) is 5.41 Å². The summed E-state index contributed by atoms with van der Waals surface area (Å²) in [4.78, 5) is 97.0. The van der Waals surface area contributed by atoms with Crippen molar-refractivity contribution < 1.29 is 85.6 Å². The van der Waals surface area contributed by atoms with Crippen LogP contribution in [0.25, 0.3) is 11.2 Å². The van der Waals surface area contributed by atoms with Crippen LogP contribution in [-0.4, -0.2) is 114 Å². The number of nitrogen functional groups attached to an aromatic ring is 1. The van der Waals surface area contributed by atoms with E-state index in [0.29, 0.717) is 6.42 Å². The van der Waals surface area contributed by atoms with Gasteiger partial charge in [-0.2, -0.15) is 0 Å². The number of aliphatic hydroxyl groups is 3. The molecule has 0 spiro atoms. The average Bonchev–Trinajstić information content (AvgIpc) is 3.84. The molecule has 70 heavy (non-hydrogen) atoms. The van der Waals surface area contributed by atoms with Crippen LogP contribution in [0.5, 0.6) is 0 Å². The van der Waals surface area contributed by atoms with E-state index in [1.165, 1.54) is 65.2 Å². The second-order valence-corrected chi connectivity index (χ2v) is 22.7. The predicted octanol–water partition coefficient (Wildman–Crippen LogP) is 1.93. The molecule has 400 valence electrons. The van der Waals surface area contributed by atoms with Crippen molar-refractivity contribution in [2.75, 3.05) is 37.8 Å². The summed E-state index contributed by atoms with van der Waals surface area (Å²) in [5.41, 5.74) is 4.06. The van der Waals surface area contributed by atoms with E-state index in [2.05, 4.69) is 62.5 Å². The zero-order chi connectivity index (χ0) is 52.0. The molecule has 1 aliphatic heterocycles. The van der Waals surface area contributed by atoms with Crippen molar-refractivity contribution in [3.8, 4) is 0 Å². The highest BCUT2D eigenvalue weighted by molar-refractivity contribution is 8.13. The minimum Gasteiger partial charge on any atom is -0.790 e. The molecule has 29 heteroatoms. The summed E-state index contributed by atoms with van der Waals surface area (Å²) in [7, 11) is -17.6. The smallest absolute Gasteiger partial charge is 0.274 e. The summed E-state index contributed by atoms with van der Waals surface area (Å²) in [5, 5.41) is 36.4. The number of nitrogens with one attached hydrogen (secondary N) is 2. The van der Waals surface area contributed by atoms with Crippen LogP contribution in [0, 0.1) is 5.41 Å². The summed E-state index contributed by atoms with van der Waals surface area (Å²) in [6, 6.07) is 0. The number of phosphoric acid groups is 3. The van der Waals surface area contributed by atoms with Gasteiger partial charge in [-0.15, -0.1) is 0 Å². The number of imidazole rings is 1. The highest BCUT2D eigenvalue weighted by Gasteiger charge is 2.47. The molecule has 1 aliphatic rings. The molecule has 2 amide bonds. The number of carbonyl (C=O) groups is 3. The van der Waals surface area contributed by atoms with Crippen LogP contribution in [0.2, 0.25) is 0 Å². The summed E-state index contributed by atoms with van der Waals surface area (Å²) >= 11 is 0.982. The highest BCUT2D eigenvalue weighted by atomic mass is 32.2. The van der Waals surface area contributed by atoms with Gasteiger partial charge in [0.1, 0.15) is 36.3 Å². The minimum absolute atomic E-state index is 0.00347. The van der Waals surface area contributed by atoms with E-state index in [1.807, 2.05) is 0 Å². The van der Waals surface area contributed by atoms with Crippen molar-refractivity contribution in [3.63, 3.8) is 0 Å². The lowest BCUT2D eigenvalue weighted by molar-refractivity contribution is -0.347. The fourth-order valence-electron chi connectivity index (χ4n) is 7.08. The third-order valence-electron chi connectivity index (χ3n) is 10.9. The Bertz CT molecular complexity index is 2120. The number of thioether (sulfide) groups is 1. The van der Waals surface area contributed by atoms with E-state index in [4.69, 9.17) is 10.5 Å². The molecular formula is C41H68N7O18P3S-4. The van der Waals surface area contributed by atoms with Crippen molar-refractivity contribution in [1.82, 2.24) is 30.2 Å². The van der Waals surface area contributed by atoms with Crippen LogP contribution < -0.4 is 35.9 Å². The number of nitrogens with two attached hydrogens (primary N) is 1. The molecule has 3 heterocycles. The Balaban J connectivity index is 1.29. The van der Waals surface area contributed by atoms with E-state index in [9.17, 15) is 63.0 Å². The van der Waals surface area contributed by atoms with E-state index in [0.717, 1.165) is 61.1 Å². The SMILES string of the molecule is CCCCCCCCCC/C=C\CCCCC[C@H](O)CC(=O)SCCNC(=O)CCNC(=O)[C@H](O)C(C)(C)COP(=O)([O-])OP(=O)([O-])OC[C@H]1O[C@@H](n2cnc3c(N)ncnc32)[C@H](O)[C@@H]1OP(=O)([O-])[O-]. The maximum Gasteiger partial charge on any atom is 0.274 e. The van der Waals surface area contributed by atoms with Gasteiger partial charge in [0.2, 0.25) is 11.8 Å². The highest BCUT2D eigenvalue weighted by Crippen LogP contribution is 2.56. The predicted molar refractivity (Wildman–Crippen MR) is 248 cm³/mol. The number of amides is 2.